The molecule has 0 aliphatic carbocycles. The van der Waals surface area contributed by atoms with Crippen LogP contribution >= 0.6 is 11.6 Å². The van der Waals surface area contributed by atoms with E-state index in [1.165, 1.54) is 6.33 Å². The largest absolute Gasteiger partial charge is 0.372 e. The molecule has 122 valence electrons. The van der Waals surface area contributed by atoms with Crippen LogP contribution in [-0.2, 0) is 0 Å². The van der Waals surface area contributed by atoms with E-state index in [0.29, 0.717) is 5.02 Å². The number of anilines is 1. The van der Waals surface area contributed by atoms with Gasteiger partial charge < -0.3 is 5.32 Å². The molecule has 0 aliphatic heterocycles. The highest BCUT2D eigenvalue weighted by Crippen LogP contribution is 2.21. The lowest BCUT2D eigenvalue weighted by molar-refractivity contribution is 0.184. The predicted octanol–water partition coefficient (Wildman–Crippen LogP) is 3.65. The van der Waals surface area contributed by atoms with Gasteiger partial charge in [0, 0.05) is 36.4 Å². The van der Waals surface area contributed by atoms with Crippen molar-refractivity contribution in [1.29, 1.82) is 0 Å². The fraction of sp³-hybridized carbons (Fsp3) is 0.353. The summed E-state index contributed by atoms with van der Waals surface area (Å²) in [5, 5.41) is 10.5. The number of aromatic nitrogens is 2. The Hall–Kier alpha value is -2.14. The fourth-order valence-corrected chi connectivity index (χ4v) is 2.00. The lowest BCUT2D eigenvalue weighted by atomic mass is 10.0. The molecule has 0 saturated heterocycles. The molecule has 0 amide bonds. The predicted molar refractivity (Wildman–Crippen MR) is 96.2 cm³/mol. The summed E-state index contributed by atoms with van der Waals surface area (Å²) in [6.45, 7) is 6.32. The van der Waals surface area contributed by atoms with E-state index >= 15 is 0 Å². The van der Waals surface area contributed by atoms with E-state index in [1.807, 2.05) is 43.4 Å². The lowest BCUT2D eigenvalue weighted by Crippen LogP contribution is -2.35. The Kier molecular flexibility index (Phi) is 5.21. The standard InChI is InChI=1S/C17H22ClN5/c1-17(2,3)23(5)22-15(12-6-8-13(18)9-7-12)14-10-20-11-21-16(14)19-4/h6-11H,1-5H3,(H,19,20,21)/b22-15-. The van der Waals surface area contributed by atoms with Gasteiger partial charge in [0.15, 0.2) is 0 Å². The molecule has 0 unspecified atom stereocenters. The number of nitrogens with one attached hydrogen (secondary N) is 1. The van der Waals surface area contributed by atoms with Crippen LogP contribution < -0.4 is 5.32 Å². The van der Waals surface area contributed by atoms with Crippen molar-refractivity contribution < 1.29 is 0 Å². The summed E-state index contributed by atoms with van der Waals surface area (Å²) in [5.74, 6) is 0.732. The van der Waals surface area contributed by atoms with E-state index in [0.717, 1.165) is 22.7 Å². The van der Waals surface area contributed by atoms with Gasteiger partial charge in [-0.3, -0.25) is 5.01 Å². The van der Waals surface area contributed by atoms with Gasteiger partial charge in [0.1, 0.15) is 17.9 Å². The summed E-state index contributed by atoms with van der Waals surface area (Å²) in [7, 11) is 3.79. The van der Waals surface area contributed by atoms with Crippen molar-refractivity contribution in [3.8, 4) is 0 Å². The second kappa shape index (κ2) is 6.96. The van der Waals surface area contributed by atoms with E-state index in [9.17, 15) is 0 Å². The second-order valence-corrected chi connectivity index (χ2v) is 6.62. The first kappa shape index (κ1) is 17.2. The Morgan fingerprint density at radius 2 is 1.87 bits per heavy atom. The number of hydrogen-bond acceptors (Lipinski definition) is 5. The molecule has 0 spiro atoms. The van der Waals surface area contributed by atoms with Gasteiger partial charge in [-0.05, 0) is 32.9 Å². The van der Waals surface area contributed by atoms with E-state index in [4.69, 9.17) is 16.7 Å². The molecule has 0 fully saturated rings. The lowest BCUT2D eigenvalue weighted by Gasteiger charge is -2.30. The monoisotopic (exact) mass is 331 g/mol. The third-order valence-electron chi connectivity index (χ3n) is 3.54. The molecule has 2 rings (SSSR count). The van der Waals surface area contributed by atoms with Crippen LogP contribution in [0.25, 0.3) is 0 Å². The normalized spacial score (nSPS) is 12.2. The first-order chi connectivity index (χ1) is 10.8. The molecule has 1 N–H and O–H groups in total. The van der Waals surface area contributed by atoms with Crippen LogP contribution in [0, 0.1) is 0 Å². The smallest absolute Gasteiger partial charge is 0.138 e. The summed E-state index contributed by atoms with van der Waals surface area (Å²) < 4.78 is 0. The van der Waals surface area contributed by atoms with Gasteiger partial charge in [0.05, 0.1) is 5.56 Å². The number of halogens is 1. The van der Waals surface area contributed by atoms with E-state index < -0.39 is 0 Å². The Labute approximate surface area is 142 Å². The number of nitrogens with zero attached hydrogens (tertiary/aromatic N) is 4. The van der Waals surface area contributed by atoms with Crippen LogP contribution in [0.2, 0.25) is 5.02 Å². The van der Waals surface area contributed by atoms with Crippen LogP contribution in [0.5, 0.6) is 0 Å². The minimum Gasteiger partial charge on any atom is -0.372 e. The highest BCUT2D eigenvalue weighted by atomic mass is 35.5. The molecule has 1 heterocycles. The quantitative estimate of drug-likeness (QED) is 0.686. The Morgan fingerprint density at radius 3 is 2.43 bits per heavy atom. The molecule has 0 aliphatic rings. The van der Waals surface area contributed by atoms with Gasteiger partial charge in [-0.2, -0.15) is 5.10 Å². The van der Waals surface area contributed by atoms with Crippen molar-refractivity contribution in [3.05, 3.63) is 52.9 Å². The van der Waals surface area contributed by atoms with Crippen molar-refractivity contribution in [2.75, 3.05) is 19.4 Å². The van der Waals surface area contributed by atoms with Gasteiger partial charge in [0.2, 0.25) is 0 Å². The first-order valence-corrected chi connectivity index (χ1v) is 7.77. The van der Waals surface area contributed by atoms with Gasteiger partial charge in [-0.15, -0.1) is 0 Å². The zero-order chi connectivity index (χ0) is 17.0. The van der Waals surface area contributed by atoms with Crippen LogP contribution in [0.1, 0.15) is 31.9 Å². The minimum atomic E-state index is -0.104. The highest BCUT2D eigenvalue weighted by molar-refractivity contribution is 6.30. The maximum Gasteiger partial charge on any atom is 0.138 e. The second-order valence-electron chi connectivity index (χ2n) is 6.18. The average Bonchev–Trinajstić information content (AvgIpc) is 2.52. The molecule has 0 atom stereocenters. The molecule has 1 aromatic heterocycles. The van der Waals surface area contributed by atoms with E-state index in [1.54, 1.807) is 6.20 Å². The molecule has 2 aromatic rings. The van der Waals surface area contributed by atoms with Crippen LogP contribution in [0.15, 0.2) is 41.9 Å². The van der Waals surface area contributed by atoms with Crippen molar-refractivity contribution >= 4 is 23.1 Å². The average molecular weight is 332 g/mol. The topological polar surface area (TPSA) is 53.4 Å². The van der Waals surface area contributed by atoms with E-state index in [2.05, 4.69) is 36.1 Å². The fourth-order valence-electron chi connectivity index (χ4n) is 1.88. The van der Waals surface area contributed by atoms with Gasteiger partial charge in [-0.1, -0.05) is 23.7 Å². The Morgan fingerprint density at radius 1 is 1.22 bits per heavy atom. The zero-order valence-electron chi connectivity index (χ0n) is 14.1. The molecule has 5 nitrogen and oxygen atoms in total. The molecule has 23 heavy (non-hydrogen) atoms. The molecule has 1 aromatic carbocycles. The molecule has 0 bridgehead atoms. The molecular weight excluding hydrogens is 310 g/mol. The van der Waals surface area contributed by atoms with Crippen LogP contribution in [-0.4, -0.2) is 40.3 Å². The third kappa shape index (κ3) is 4.20. The van der Waals surface area contributed by atoms with Gasteiger partial charge in [0.25, 0.3) is 0 Å². The summed E-state index contributed by atoms with van der Waals surface area (Å²) >= 11 is 6.01. The van der Waals surface area contributed by atoms with Crippen molar-refractivity contribution in [2.24, 2.45) is 5.10 Å². The summed E-state index contributed by atoms with van der Waals surface area (Å²) in [6, 6.07) is 7.60. The number of hydrazone groups is 1. The zero-order valence-corrected chi connectivity index (χ0v) is 14.9. The highest BCUT2D eigenvalue weighted by Gasteiger charge is 2.19. The Bertz CT molecular complexity index is 689. The van der Waals surface area contributed by atoms with Crippen molar-refractivity contribution in [3.63, 3.8) is 0 Å². The van der Waals surface area contributed by atoms with Gasteiger partial charge in [-0.25, -0.2) is 9.97 Å². The maximum absolute atomic E-state index is 6.01. The van der Waals surface area contributed by atoms with E-state index in [-0.39, 0.29) is 5.54 Å². The summed E-state index contributed by atoms with van der Waals surface area (Å²) in [4.78, 5) is 8.43. The number of benzene rings is 1. The van der Waals surface area contributed by atoms with Crippen molar-refractivity contribution in [2.45, 2.75) is 26.3 Å². The summed E-state index contributed by atoms with van der Waals surface area (Å²) in [6.07, 6.45) is 3.28. The van der Waals surface area contributed by atoms with Gasteiger partial charge >= 0.3 is 0 Å². The molecule has 0 radical (unpaired) electrons. The SMILES string of the molecule is CNc1ncncc1/C(=N\N(C)C(C)(C)C)c1ccc(Cl)cc1. The molecule has 6 heteroatoms. The molecule has 0 saturated carbocycles. The third-order valence-corrected chi connectivity index (χ3v) is 3.79. The molecular formula is C17H22ClN5. The minimum absolute atomic E-state index is 0.104. The maximum atomic E-state index is 6.01. The summed E-state index contributed by atoms with van der Waals surface area (Å²) in [5.41, 5.74) is 2.49. The van der Waals surface area contributed by atoms with Crippen LogP contribution in [0.3, 0.4) is 0 Å². The van der Waals surface area contributed by atoms with Crippen LogP contribution in [0.4, 0.5) is 5.82 Å². The first-order valence-electron chi connectivity index (χ1n) is 7.39. The Balaban J connectivity index is 2.60. The number of hydrogen-bond donors (Lipinski definition) is 1. The van der Waals surface area contributed by atoms with Crippen molar-refractivity contribution in [1.82, 2.24) is 15.0 Å². The number of rotatable bonds is 4.